The highest BCUT2D eigenvalue weighted by Crippen LogP contribution is 2.22. The van der Waals surface area contributed by atoms with Crippen LogP contribution in [0.1, 0.15) is 40.4 Å². The van der Waals surface area contributed by atoms with E-state index in [1.165, 1.54) is 0 Å². The van der Waals surface area contributed by atoms with E-state index in [1.807, 2.05) is 45.0 Å². The van der Waals surface area contributed by atoms with Crippen LogP contribution in [-0.2, 0) is 0 Å². The molecule has 1 amide bonds. The summed E-state index contributed by atoms with van der Waals surface area (Å²) in [5.41, 5.74) is 1.67. The first kappa shape index (κ1) is 13.9. The number of benzene rings is 1. The highest BCUT2D eigenvalue weighted by atomic mass is 79.9. The van der Waals surface area contributed by atoms with Crippen molar-refractivity contribution in [1.29, 1.82) is 0 Å². The Morgan fingerprint density at radius 1 is 1.26 bits per heavy atom. The van der Waals surface area contributed by atoms with Crippen molar-refractivity contribution in [2.45, 2.75) is 26.8 Å². The van der Waals surface area contributed by atoms with Crippen LogP contribution in [0.5, 0.6) is 0 Å². The van der Waals surface area contributed by atoms with Crippen LogP contribution < -0.4 is 5.32 Å². The van der Waals surface area contributed by atoms with Crippen molar-refractivity contribution in [3.8, 4) is 0 Å². The lowest BCUT2D eigenvalue weighted by Crippen LogP contribution is -2.26. The van der Waals surface area contributed by atoms with E-state index in [0.717, 1.165) is 21.6 Å². The Hall–Kier alpha value is -1.55. The van der Waals surface area contributed by atoms with Crippen molar-refractivity contribution >= 4 is 21.8 Å². The summed E-state index contributed by atoms with van der Waals surface area (Å²) in [6.45, 7) is 5.75. The molecule has 1 aromatic heterocycles. The van der Waals surface area contributed by atoms with E-state index in [1.54, 1.807) is 6.07 Å². The number of hydrogen-bond donors (Lipinski definition) is 1. The van der Waals surface area contributed by atoms with Gasteiger partial charge in [-0.15, -0.1) is 0 Å². The Morgan fingerprint density at radius 2 is 2.00 bits per heavy atom. The van der Waals surface area contributed by atoms with Gasteiger partial charge in [-0.3, -0.25) is 4.79 Å². The third-order valence-corrected chi connectivity index (χ3v) is 4.02. The normalized spacial score (nSPS) is 12.2. The van der Waals surface area contributed by atoms with E-state index < -0.39 is 0 Å². The molecule has 0 saturated carbocycles. The molecule has 0 aliphatic heterocycles. The molecule has 2 aromatic rings. The molecule has 4 heteroatoms. The molecule has 0 radical (unpaired) electrons. The summed E-state index contributed by atoms with van der Waals surface area (Å²) in [6, 6.07) is 9.24. The standard InChI is InChI=1S/C15H16BrNO2/c1-9-5-4-6-12(14(9)16)15(18)17-11(3)13-8-7-10(2)19-13/h4-8,11H,1-3H3,(H,17,18). The summed E-state index contributed by atoms with van der Waals surface area (Å²) >= 11 is 3.45. The first-order valence-corrected chi connectivity index (χ1v) is 6.90. The second kappa shape index (κ2) is 5.61. The predicted octanol–water partition coefficient (Wildman–Crippen LogP) is 4.15. The van der Waals surface area contributed by atoms with Gasteiger partial charge in [-0.25, -0.2) is 0 Å². The lowest BCUT2D eigenvalue weighted by molar-refractivity contribution is 0.0934. The van der Waals surface area contributed by atoms with Gasteiger partial charge in [0.1, 0.15) is 11.5 Å². The molecular formula is C15H16BrNO2. The minimum Gasteiger partial charge on any atom is -0.464 e. The SMILES string of the molecule is Cc1ccc(C(C)NC(=O)c2cccc(C)c2Br)o1. The van der Waals surface area contributed by atoms with Gasteiger partial charge in [0.25, 0.3) is 5.91 Å². The molecule has 100 valence electrons. The Labute approximate surface area is 121 Å². The third-order valence-electron chi connectivity index (χ3n) is 2.97. The van der Waals surface area contributed by atoms with E-state index in [-0.39, 0.29) is 11.9 Å². The molecule has 0 fully saturated rings. The van der Waals surface area contributed by atoms with Gasteiger partial charge < -0.3 is 9.73 Å². The highest BCUT2D eigenvalue weighted by Gasteiger charge is 2.16. The van der Waals surface area contributed by atoms with Crippen LogP contribution in [0, 0.1) is 13.8 Å². The number of nitrogens with one attached hydrogen (secondary N) is 1. The van der Waals surface area contributed by atoms with Crippen LogP contribution in [0.4, 0.5) is 0 Å². The fraction of sp³-hybridized carbons (Fsp3) is 0.267. The predicted molar refractivity (Wildman–Crippen MR) is 78.2 cm³/mol. The number of aryl methyl sites for hydroxylation is 2. The lowest BCUT2D eigenvalue weighted by atomic mass is 10.1. The summed E-state index contributed by atoms with van der Waals surface area (Å²) in [4.78, 5) is 12.2. The van der Waals surface area contributed by atoms with Gasteiger partial charge in [0.15, 0.2) is 0 Å². The van der Waals surface area contributed by atoms with Crippen molar-refractivity contribution in [3.63, 3.8) is 0 Å². The molecule has 0 bridgehead atoms. The molecule has 0 aliphatic carbocycles. The maximum absolute atomic E-state index is 12.2. The second-order valence-corrected chi connectivity index (χ2v) is 5.37. The van der Waals surface area contributed by atoms with Crippen LogP contribution >= 0.6 is 15.9 Å². The number of carbonyl (C=O) groups is 1. The monoisotopic (exact) mass is 321 g/mol. The Kier molecular flexibility index (Phi) is 4.10. The number of halogens is 1. The number of furan rings is 1. The molecule has 0 saturated heterocycles. The smallest absolute Gasteiger partial charge is 0.253 e. The maximum Gasteiger partial charge on any atom is 0.253 e. The first-order chi connectivity index (χ1) is 8.99. The average molecular weight is 322 g/mol. The Morgan fingerprint density at radius 3 is 2.63 bits per heavy atom. The topological polar surface area (TPSA) is 42.2 Å². The van der Waals surface area contributed by atoms with Crippen molar-refractivity contribution in [2.24, 2.45) is 0 Å². The van der Waals surface area contributed by atoms with E-state index in [4.69, 9.17) is 4.42 Å². The first-order valence-electron chi connectivity index (χ1n) is 6.11. The average Bonchev–Trinajstić information content (AvgIpc) is 2.79. The van der Waals surface area contributed by atoms with Crippen LogP contribution in [0.2, 0.25) is 0 Å². The number of rotatable bonds is 3. The number of carbonyl (C=O) groups excluding carboxylic acids is 1. The van der Waals surface area contributed by atoms with Gasteiger partial charge in [0, 0.05) is 4.47 Å². The van der Waals surface area contributed by atoms with Crippen LogP contribution in [0.15, 0.2) is 39.2 Å². The van der Waals surface area contributed by atoms with Crippen molar-refractivity contribution in [2.75, 3.05) is 0 Å². The quantitative estimate of drug-likeness (QED) is 0.922. The van der Waals surface area contributed by atoms with E-state index in [9.17, 15) is 4.79 Å². The highest BCUT2D eigenvalue weighted by molar-refractivity contribution is 9.10. The largest absolute Gasteiger partial charge is 0.464 e. The minimum atomic E-state index is -0.159. The van der Waals surface area contributed by atoms with Crippen LogP contribution in [-0.4, -0.2) is 5.91 Å². The summed E-state index contributed by atoms with van der Waals surface area (Å²) in [5.74, 6) is 1.49. The second-order valence-electron chi connectivity index (χ2n) is 4.58. The number of hydrogen-bond acceptors (Lipinski definition) is 2. The molecule has 3 nitrogen and oxygen atoms in total. The van der Waals surface area contributed by atoms with Crippen LogP contribution in [0.3, 0.4) is 0 Å². The van der Waals surface area contributed by atoms with Crippen molar-refractivity contribution < 1.29 is 9.21 Å². The van der Waals surface area contributed by atoms with E-state index in [2.05, 4.69) is 21.2 Å². The molecule has 19 heavy (non-hydrogen) atoms. The molecule has 1 heterocycles. The summed E-state index contributed by atoms with van der Waals surface area (Å²) in [6.07, 6.45) is 0. The van der Waals surface area contributed by atoms with Crippen molar-refractivity contribution in [3.05, 3.63) is 57.5 Å². The zero-order chi connectivity index (χ0) is 14.0. The summed E-state index contributed by atoms with van der Waals surface area (Å²) in [7, 11) is 0. The molecule has 0 spiro atoms. The molecule has 1 aromatic carbocycles. The minimum absolute atomic E-state index is 0.114. The molecule has 2 rings (SSSR count). The fourth-order valence-corrected chi connectivity index (χ4v) is 2.30. The van der Waals surface area contributed by atoms with Gasteiger partial charge in [0.2, 0.25) is 0 Å². The number of amides is 1. The maximum atomic E-state index is 12.2. The Bertz CT molecular complexity index is 604. The Balaban J connectivity index is 2.15. The van der Waals surface area contributed by atoms with Gasteiger partial charge in [-0.1, -0.05) is 12.1 Å². The molecule has 1 N–H and O–H groups in total. The molecule has 0 aliphatic rings. The van der Waals surface area contributed by atoms with E-state index >= 15 is 0 Å². The zero-order valence-corrected chi connectivity index (χ0v) is 12.7. The summed E-state index contributed by atoms with van der Waals surface area (Å²) < 4.78 is 6.34. The van der Waals surface area contributed by atoms with Crippen molar-refractivity contribution in [1.82, 2.24) is 5.32 Å². The van der Waals surface area contributed by atoms with Crippen LogP contribution in [0.25, 0.3) is 0 Å². The van der Waals surface area contributed by atoms with E-state index in [0.29, 0.717) is 5.56 Å². The zero-order valence-electron chi connectivity index (χ0n) is 11.2. The molecular weight excluding hydrogens is 306 g/mol. The van der Waals surface area contributed by atoms with Gasteiger partial charge in [-0.2, -0.15) is 0 Å². The summed E-state index contributed by atoms with van der Waals surface area (Å²) in [5, 5.41) is 2.93. The lowest BCUT2D eigenvalue weighted by Gasteiger charge is -2.13. The van der Waals surface area contributed by atoms with Gasteiger partial charge in [0.05, 0.1) is 11.6 Å². The molecule has 1 atom stereocenters. The fourth-order valence-electron chi connectivity index (χ4n) is 1.85. The van der Waals surface area contributed by atoms with Gasteiger partial charge in [-0.05, 0) is 60.5 Å². The molecule has 1 unspecified atom stereocenters. The van der Waals surface area contributed by atoms with Gasteiger partial charge >= 0.3 is 0 Å². The third kappa shape index (κ3) is 3.07.